The van der Waals surface area contributed by atoms with E-state index in [9.17, 15) is 19.7 Å². The molecule has 5 rings (SSSR count). The van der Waals surface area contributed by atoms with Gasteiger partial charge in [0.25, 0.3) is 5.69 Å². The van der Waals surface area contributed by atoms with Crippen LogP contribution >= 0.6 is 0 Å². The summed E-state index contributed by atoms with van der Waals surface area (Å²) in [5.41, 5.74) is 0.177. The molecule has 29 heavy (non-hydrogen) atoms. The van der Waals surface area contributed by atoms with Gasteiger partial charge in [-0.15, -0.1) is 0 Å². The van der Waals surface area contributed by atoms with Crippen molar-refractivity contribution in [3.8, 4) is 5.75 Å². The number of hydrogen-bond donors (Lipinski definition) is 2. The lowest BCUT2D eigenvalue weighted by Gasteiger charge is -2.59. The third-order valence-electron chi connectivity index (χ3n) is 7.20. The molecular formula is C21H27N3O5. The molecule has 4 saturated carbocycles. The smallest absolute Gasteiger partial charge is 0.313 e. The maximum absolute atomic E-state index is 12.6. The van der Waals surface area contributed by atoms with Crippen molar-refractivity contribution in [3.63, 3.8) is 0 Å². The number of carbonyl (C=O) groups excluding carboxylic acids is 2. The van der Waals surface area contributed by atoms with E-state index >= 15 is 0 Å². The number of nitro groups is 1. The monoisotopic (exact) mass is 401 g/mol. The van der Waals surface area contributed by atoms with E-state index in [4.69, 9.17) is 4.74 Å². The quantitative estimate of drug-likeness (QED) is 0.447. The second-order valence-corrected chi connectivity index (χ2v) is 9.07. The normalized spacial score (nSPS) is 30.5. The molecule has 0 heterocycles. The zero-order valence-electron chi connectivity index (χ0n) is 16.8. The first-order chi connectivity index (χ1) is 13.8. The highest BCUT2D eigenvalue weighted by Crippen LogP contribution is 2.61. The number of nitro benzene ring substituents is 1. The molecule has 0 aliphatic heterocycles. The number of benzene rings is 1. The first-order valence-corrected chi connectivity index (χ1v) is 10.2. The van der Waals surface area contributed by atoms with E-state index in [-0.39, 0.29) is 28.6 Å². The molecule has 4 bridgehead atoms. The first-order valence-electron chi connectivity index (χ1n) is 10.2. The third-order valence-corrected chi connectivity index (χ3v) is 7.20. The number of anilines is 1. The Morgan fingerprint density at radius 1 is 1.14 bits per heavy atom. The van der Waals surface area contributed by atoms with Crippen molar-refractivity contribution < 1.29 is 19.2 Å². The maximum Gasteiger partial charge on any atom is 0.313 e. The Bertz CT molecular complexity index is 817. The van der Waals surface area contributed by atoms with Gasteiger partial charge in [0.15, 0.2) is 0 Å². The van der Waals surface area contributed by atoms with E-state index in [1.54, 1.807) is 0 Å². The zero-order valence-corrected chi connectivity index (χ0v) is 16.8. The second kappa shape index (κ2) is 7.31. The van der Waals surface area contributed by atoms with Crippen LogP contribution in [0.25, 0.3) is 0 Å². The highest BCUT2D eigenvalue weighted by molar-refractivity contribution is 6.39. The van der Waals surface area contributed by atoms with E-state index in [1.165, 1.54) is 44.6 Å². The first kappa shape index (κ1) is 19.7. The number of nitrogens with one attached hydrogen (secondary N) is 2. The molecule has 0 spiro atoms. The fraction of sp³-hybridized carbons (Fsp3) is 0.619. The van der Waals surface area contributed by atoms with E-state index in [2.05, 4.69) is 10.6 Å². The molecule has 1 aromatic carbocycles. The second-order valence-electron chi connectivity index (χ2n) is 9.07. The van der Waals surface area contributed by atoms with Crippen LogP contribution in [0.15, 0.2) is 18.2 Å². The minimum atomic E-state index is -0.797. The summed E-state index contributed by atoms with van der Waals surface area (Å²) in [5.74, 6) is 0.938. The van der Waals surface area contributed by atoms with Crippen LogP contribution in [0.2, 0.25) is 0 Å². The minimum Gasteiger partial charge on any atom is -0.494 e. The van der Waals surface area contributed by atoms with Crippen LogP contribution in [-0.2, 0) is 9.59 Å². The molecule has 156 valence electrons. The summed E-state index contributed by atoms with van der Waals surface area (Å²) in [6.45, 7) is 2.02. The van der Waals surface area contributed by atoms with Crippen LogP contribution in [0.4, 0.5) is 11.4 Å². The van der Waals surface area contributed by atoms with Gasteiger partial charge in [-0.2, -0.15) is 0 Å². The Labute approximate surface area is 169 Å². The fourth-order valence-electron chi connectivity index (χ4n) is 6.20. The van der Waals surface area contributed by atoms with Crippen molar-refractivity contribution in [1.29, 1.82) is 0 Å². The molecule has 4 fully saturated rings. The average Bonchev–Trinajstić information content (AvgIpc) is 2.66. The maximum atomic E-state index is 12.6. The molecule has 1 atom stereocenters. The van der Waals surface area contributed by atoms with Crippen LogP contribution in [0.5, 0.6) is 5.75 Å². The Kier molecular flexibility index (Phi) is 4.96. The number of amides is 2. The molecule has 2 amide bonds. The molecule has 8 heteroatoms. The number of methoxy groups -OCH3 is 1. The van der Waals surface area contributed by atoms with E-state index in [0.29, 0.717) is 0 Å². The number of nitrogens with zero attached hydrogens (tertiary/aromatic N) is 1. The SMILES string of the molecule is COc1cc([N+](=O)[O-])ccc1NC(=O)C(=O)NC(C)C12CC3CC(CC(C3)C1)C2. The van der Waals surface area contributed by atoms with Crippen molar-refractivity contribution in [2.75, 3.05) is 12.4 Å². The van der Waals surface area contributed by atoms with Gasteiger partial charge >= 0.3 is 11.8 Å². The molecular weight excluding hydrogens is 374 g/mol. The van der Waals surface area contributed by atoms with Gasteiger partial charge in [-0.3, -0.25) is 19.7 Å². The molecule has 0 aromatic heterocycles. The molecule has 2 N–H and O–H groups in total. The average molecular weight is 401 g/mol. The lowest BCUT2D eigenvalue weighted by atomic mass is 9.48. The van der Waals surface area contributed by atoms with Crippen molar-refractivity contribution in [3.05, 3.63) is 28.3 Å². The topological polar surface area (TPSA) is 111 Å². The summed E-state index contributed by atoms with van der Waals surface area (Å²) in [5, 5.41) is 16.3. The van der Waals surface area contributed by atoms with Crippen LogP contribution in [-0.4, -0.2) is 29.9 Å². The summed E-state index contributed by atoms with van der Waals surface area (Å²) in [7, 11) is 1.35. The zero-order chi connectivity index (χ0) is 20.8. The Morgan fingerprint density at radius 3 is 2.24 bits per heavy atom. The number of non-ortho nitro benzene ring substituents is 1. The predicted molar refractivity (Wildman–Crippen MR) is 106 cm³/mol. The molecule has 0 radical (unpaired) electrons. The summed E-state index contributed by atoms with van der Waals surface area (Å²) in [6.07, 6.45) is 7.37. The lowest BCUT2D eigenvalue weighted by molar-refractivity contribution is -0.384. The van der Waals surface area contributed by atoms with Gasteiger partial charge in [0.1, 0.15) is 5.75 Å². The van der Waals surface area contributed by atoms with Crippen molar-refractivity contribution >= 4 is 23.2 Å². The molecule has 4 aliphatic rings. The van der Waals surface area contributed by atoms with Gasteiger partial charge in [-0.05, 0) is 74.7 Å². The van der Waals surface area contributed by atoms with Gasteiger partial charge in [-0.1, -0.05) is 0 Å². The largest absolute Gasteiger partial charge is 0.494 e. The standard InChI is InChI=1S/C21H27N3O5/c1-12(21-9-13-5-14(10-21)7-15(6-13)11-21)22-19(25)20(26)23-17-4-3-16(24(27)28)8-18(17)29-2/h3-4,8,12-15H,5-7,9-11H2,1-2H3,(H,22,25)(H,23,26). The fourth-order valence-corrected chi connectivity index (χ4v) is 6.20. The molecule has 1 aromatic rings. The van der Waals surface area contributed by atoms with Gasteiger partial charge in [0.05, 0.1) is 23.8 Å². The molecule has 1 unspecified atom stereocenters. The van der Waals surface area contributed by atoms with Crippen LogP contribution in [0.3, 0.4) is 0 Å². The van der Waals surface area contributed by atoms with Crippen LogP contribution in [0, 0.1) is 33.3 Å². The summed E-state index contributed by atoms with van der Waals surface area (Å²) in [4.78, 5) is 35.3. The Balaban J connectivity index is 1.41. The van der Waals surface area contributed by atoms with E-state index in [0.717, 1.165) is 37.0 Å². The minimum absolute atomic E-state index is 0.0621. The number of ether oxygens (including phenoxy) is 1. The summed E-state index contributed by atoms with van der Waals surface area (Å²) >= 11 is 0. The highest BCUT2D eigenvalue weighted by Gasteiger charge is 2.53. The Morgan fingerprint density at radius 2 is 1.72 bits per heavy atom. The van der Waals surface area contributed by atoms with Crippen LogP contribution < -0.4 is 15.4 Å². The van der Waals surface area contributed by atoms with Crippen molar-refractivity contribution in [1.82, 2.24) is 5.32 Å². The number of hydrogen-bond acceptors (Lipinski definition) is 5. The van der Waals surface area contributed by atoms with E-state index in [1.807, 2.05) is 6.92 Å². The third kappa shape index (κ3) is 3.68. The van der Waals surface area contributed by atoms with Gasteiger partial charge in [-0.25, -0.2) is 0 Å². The van der Waals surface area contributed by atoms with Gasteiger partial charge < -0.3 is 15.4 Å². The van der Waals surface area contributed by atoms with Crippen molar-refractivity contribution in [2.45, 2.75) is 51.5 Å². The molecule has 4 aliphatic carbocycles. The molecule has 8 nitrogen and oxygen atoms in total. The predicted octanol–water partition coefficient (Wildman–Crippen LogP) is 3.26. The summed E-state index contributed by atoms with van der Waals surface area (Å²) in [6, 6.07) is 3.78. The number of rotatable bonds is 5. The number of carbonyl (C=O) groups is 2. The van der Waals surface area contributed by atoms with Crippen molar-refractivity contribution in [2.24, 2.45) is 23.2 Å². The molecule has 0 saturated heterocycles. The van der Waals surface area contributed by atoms with E-state index < -0.39 is 16.7 Å². The van der Waals surface area contributed by atoms with Crippen LogP contribution in [0.1, 0.15) is 45.4 Å². The van der Waals surface area contributed by atoms with Gasteiger partial charge in [0, 0.05) is 12.1 Å². The summed E-state index contributed by atoms with van der Waals surface area (Å²) < 4.78 is 5.11. The lowest BCUT2D eigenvalue weighted by Crippen LogP contribution is -2.57. The highest BCUT2D eigenvalue weighted by atomic mass is 16.6. The van der Waals surface area contributed by atoms with Gasteiger partial charge in [0.2, 0.25) is 0 Å². The Hall–Kier alpha value is -2.64.